The van der Waals surface area contributed by atoms with Gasteiger partial charge >= 0.3 is 0 Å². The molecule has 0 unspecified atom stereocenters. The molecule has 0 bridgehead atoms. The molecule has 0 saturated carbocycles. The second-order valence-electron chi connectivity index (χ2n) is 6.43. The Morgan fingerprint density at radius 1 is 1.35 bits per heavy atom. The SMILES string of the molecule is C[C@@H]1CCCN(c2nc(Nc3ccc(S(N)(=O)=O)cc3)ncc2C#N)C1. The average molecular weight is 372 g/mol. The predicted octanol–water partition coefficient (Wildman–Crippen LogP) is 1.98. The van der Waals surface area contributed by atoms with Crippen LogP contribution in [0.15, 0.2) is 35.4 Å². The number of primary sulfonamides is 1. The Morgan fingerprint density at radius 2 is 2.08 bits per heavy atom. The number of nitrogens with one attached hydrogen (secondary N) is 1. The van der Waals surface area contributed by atoms with Crippen LogP contribution in [0.4, 0.5) is 17.5 Å². The number of sulfonamides is 1. The highest BCUT2D eigenvalue weighted by molar-refractivity contribution is 7.89. The number of benzene rings is 1. The molecule has 2 heterocycles. The lowest BCUT2D eigenvalue weighted by Crippen LogP contribution is -2.35. The van der Waals surface area contributed by atoms with E-state index in [1.54, 1.807) is 12.1 Å². The van der Waals surface area contributed by atoms with E-state index < -0.39 is 10.0 Å². The van der Waals surface area contributed by atoms with Gasteiger partial charge in [0.05, 0.1) is 11.1 Å². The normalized spacial score (nSPS) is 17.6. The van der Waals surface area contributed by atoms with Crippen LogP contribution in [0.3, 0.4) is 0 Å². The molecule has 0 aliphatic carbocycles. The third-order valence-electron chi connectivity index (χ3n) is 4.28. The van der Waals surface area contributed by atoms with Gasteiger partial charge in [-0.25, -0.2) is 18.5 Å². The second-order valence-corrected chi connectivity index (χ2v) is 7.99. The lowest BCUT2D eigenvalue weighted by Gasteiger charge is -2.32. The van der Waals surface area contributed by atoms with E-state index >= 15 is 0 Å². The third kappa shape index (κ3) is 4.09. The molecular weight excluding hydrogens is 352 g/mol. The fourth-order valence-electron chi connectivity index (χ4n) is 2.99. The molecule has 3 rings (SSSR count). The van der Waals surface area contributed by atoms with E-state index in [9.17, 15) is 13.7 Å². The summed E-state index contributed by atoms with van der Waals surface area (Å²) in [6.07, 6.45) is 3.74. The molecule has 3 N–H and O–H groups in total. The summed E-state index contributed by atoms with van der Waals surface area (Å²) in [5, 5.41) is 17.5. The fourth-order valence-corrected chi connectivity index (χ4v) is 3.51. The first-order valence-corrected chi connectivity index (χ1v) is 9.83. The summed E-state index contributed by atoms with van der Waals surface area (Å²) in [6, 6.07) is 8.14. The second kappa shape index (κ2) is 7.27. The van der Waals surface area contributed by atoms with Crippen molar-refractivity contribution in [1.29, 1.82) is 5.26 Å². The Morgan fingerprint density at radius 3 is 2.69 bits per heavy atom. The molecular formula is C17H20N6O2S. The maximum Gasteiger partial charge on any atom is 0.238 e. The molecule has 8 nitrogen and oxygen atoms in total. The number of nitrogens with zero attached hydrogens (tertiary/aromatic N) is 4. The van der Waals surface area contributed by atoms with Crippen LogP contribution in [0.5, 0.6) is 0 Å². The third-order valence-corrected chi connectivity index (χ3v) is 5.21. The number of nitrogens with two attached hydrogens (primary N) is 1. The molecule has 1 aromatic heterocycles. The van der Waals surface area contributed by atoms with Crippen LogP contribution in [0.25, 0.3) is 0 Å². The molecule has 0 radical (unpaired) electrons. The number of hydrogen-bond donors (Lipinski definition) is 2. The molecule has 0 amide bonds. The minimum absolute atomic E-state index is 0.0341. The van der Waals surface area contributed by atoms with Crippen LogP contribution in [0.1, 0.15) is 25.3 Å². The predicted molar refractivity (Wildman–Crippen MR) is 98.5 cm³/mol. The minimum Gasteiger partial charge on any atom is -0.355 e. The number of nitriles is 1. The number of aromatic nitrogens is 2. The molecule has 2 aromatic rings. The van der Waals surface area contributed by atoms with Gasteiger partial charge in [0.15, 0.2) is 5.82 Å². The molecule has 1 saturated heterocycles. The summed E-state index contributed by atoms with van der Waals surface area (Å²) in [6.45, 7) is 3.90. The zero-order chi connectivity index (χ0) is 18.7. The van der Waals surface area contributed by atoms with E-state index in [-0.39, 0.29) is 4.90 Å². The van der Waals surface area contributed by atoms with E-state index in [0.29, 0.717) is 28.9 Å². The van der Waals surface area contributed by atoms with Gasteiger partial charge in [-0.2, -0.15) is 10.2 Å². The lowest BCUT2D eigenvalue weighted by molar-refractivity contribution is 0.444. The Bertz CT molecular complexity index is 937. The molecule has 1 atom stereocenters. The summed E-state index contributed by atoms with van der Waals surface area (Å²) in [4.78, 5) is 10.8. The van der Waals surface area contributed by atoms with Crippen molar-refractivity contribution >= 4 is 27.5 Å². The lowest BCUT2D eigenvalue weighted by atomic mass is 10.00. The molecule has 26 heavy (non-hydrogen) atoms. The van der Waals surface area contributed by atoms with Gasteiger partial charge in [0.25, 0.3) is 0 Å². The first-order chi connectivity index (χ1) is 12.4. The quantitative estimate of drug-likeness (QED) is 0.840. The van der Waals surface area contributed by atoms with Crippen molar-refractivity contribution in [2.24, 2.45) is 11.1 Å². The van der Waals surface area contributed by atoms with E-state index in [4.69, 9.17) is 5.14 Å². The Hall–Kier alpha value is -2.70. The van der Waals surface area contributed by atoms with Crippen LogP contribution in [-0.4, -0.2) is 31.5 Å². The molecule has 0 spiro atoms. The van der Waals surface area contributed by atoms with Gasteiger partial charge in [0.2, 0.25) is 16.0 Å². The van der Waals surface area contributed by atoms with Crippen molar-refractivity contribution < 1.29 is 8.42 Å². The van der Waals surface area contributed by atoms with Gasteiger partial charge in [0.1, 0.15) is 11.6 Å². The Labute approximate surface area is 152 Å². The molecule has 1 fully saturated rings. The van der Waals surface area contributed by atoms with Crippen molar-refractivity contribution in [3.05, 3.63) is 36.0 Å². The smallest absolute Gasteiger partial charge is 0.238 e. The van der Waals surface area contributed by atoms with Crippen LogP contribution in [-0.2, 0) is 10.0 Å². The number of anilines is 3. The van der Waals surface area contributed by atoms with E-state index in [1.165, 1.54) is 24.8 Å². The van der Waals surface area contributed by atoms with E-state index in [0.717, 1.165) is 19.5 Å². The van der Waals surface area contributed by atoms with Crippen LogP contribution in [0, 0.1) is 17.2 Å². The highest BCUT2D eigenvalue weighted by atomic mass is 32.2. The number of hydrogen-bond acceptors (Lipinski definition) is 7. The summed E-state index contributed by atoms with van der Waals surface area (Å²) >= 11 is 0. The van der Waals surface area contributed by atoms with Crippen molar-refractivity contribution in [2.75, 3.05) is 23.3 Å². The maximum atomic E-state index is 11.3. The van der Waals surface area contributed by atoms with Crippen molar-refractivity contribution in [3.63, 3.8) is 0 Å². The maximum absolute atomic E-state index is 11.3. The van der Waals surface area contributed by atoms with Gasteiger partial charge < -0.3 is 10.2 Å². The first kappa shape index (κ1) is 18.1. The fraction of sp³-hybridized carbons (Fsp3) is 0.353. The van der Waals surface area contributed by atoms with Gasteiger partial charge in [-0.15, -0.1) is 0 Å². The van der Waals surface area contributed by atoms with Gasteiger partial charge in [-0.3, -0.25) is 0 Å². The summed E-state index contributed by atoms with van der Waals surface area (Å²) < 4.78 is 22.6. The van der Waals surface area contributed by atoms with Gasteiger partial charge in [-0.1, -0.05) is 6.92 Å². The topological polar surface area (TPSA) is 125 Å². The molecule has 136 valence electrons. The number of rotatable bonds is 4. The summed E-state index contributed by atoms with van der Waals surface area (Å²) in [5.41, 5.74) is 1.06. The first-order valence-electron chi connectivity index (χ1n) is 8.29. The van der Waals surface area contributed by atoms with E-state index in [1.807, 2.05) is 0 Å². The highest BCUT2D eigenvalue weighted by Gasteiger charge is 2.21. The largest absolute Gasteiger partial charge is 0.355 e. The van der Waals surface area contributed by atoms with Crippen molar-refractivity contribution in [3.8, 4) is 6.07 Å². The zero-order valence-corrected chi connectivity index (χ0v) is 15.2. The minimum atomic E-state index is -3.73. The molecule has 9 heteroatoms. The molecule has 1 aromatic carbocycles. The average Bonchev–Trinajstić information content (AvgIpc) is 2.61. The summed E-state index contributed by atoms with van der Waals surface area (Å²) in [7, 11) is -3.73. The number of piperidine rings is 1. The van der Waals surface area contributed by atoms with Crippen LogP contribution in [0.2, 0.25) is 0 Å². The monoisotopic (exact) mass is 372 g/mol. The van der Waals surface area contributed by atoms with Crippen LogP contribution < -0.4 is 15.4 Å². The Balaban J connectivity index is 1.85. The highest BCUT2D eigenvalue weighted by Crippen LogP contribution is 2.25. The van der Waals surface area contributed by atoms with Gasteiger partial charge in [0, 0.05) is 18.8 Å². The van der Waals surface area contributed by atoms with Crippen molar-refractivity contribution in [1.82, 2.24) is 9.97 Å². The standard InChI is InChI=1S/C17H20N6O2S/c1-12-3-2-8-23(11-12)16-13(9-18)10-20-17(22-16)21-14-4-6-15(7-5-14)26(19,24)25/h4-7,10,12H,2-3,8,11H2,1H3,(H2,19,24,25)(H,20,21,22)/t12-/m1/s1. The summed E-state index contributed by atoms with van der Waals surface area (Å²) in [5.74, 6) is 1.52. The molecule has 1 aliphatic heterocycles. The Kier molecular flexibility index (Phi) is 5.06. The molecule has 1 aliphatic rings. The van der Waals surface area contributed by atoms with Crippen LogP contribution >= 0.6 is 0 Å². The van der Waals surface area contributed by atoms with Gasteiger partial charge in [-0.05, 0) is 43.0 Å². The van der Waals surface area contributed by atoms with E-state index in [2.05, 4.69) is 33.2 Å². The zero-order valence-electron chi connectivity index (χ0n) is 14.4. The van der Waals surface area contributed by atoms with Crippen molar-refractivity contribution in [2.45, 2.75) is 24.7 Å².